The van der Waals surface area contributed by atoms with Gasteiger partial charge in [0, 0.05) is 50.5 Å². The number of amides is 2. The number of nitrogens with one attached hydrogen (secondary N) is 2. The van der Waals surface area contributed by atoms with Crippen LogP contribution in [-0.2, 0) is 9.53 Å². The second kappa shape index (κ2) is 11.0. The number of ether oxygens (including phenoxy) is 1. The zero-order valence-corrected chi connectivity index (χ0v) is 21.0. The minimum Gasteiger partial charge on any atom is -0.379 e. The van der Waals surface area contributed by atoms with E-state index in [0.717, 1.165) is 44.4 Å². The minimum absolute atomic E-state index is 0.0526. The van der Waals surface area contributed by atoms with Crippen LogP contribution in [0.15, 0.2) is 30.5 Å². The van der Waals surface area contributed by atoms with Crippen LogP contribution in [0.25, 0.3) is 0 Å². The molecule has 10 nitrogen and oxygen atoms in total. The highest BCUT2D eigenvalue weighted by Crippen LogP contribution is 2.36. The van der Waals surface area contributed by atoms with E-state index in [0.29, 0.717) is 30.2 Å². The molecule has 2 aromatic rings. The van der Waals surface area contributed by atoms with E-state index < -0.39 is 0 Å². The fourth-order valence-electron chi connectivity index (χ4n) is 4.53. The summed E-state index contributed by atoms with van der Waals surface area (Å²) in [5, 5.41) is 6.20. The van der Waals surface area contributed by atoms with E-state index in [4.69, 9.17) is 9.72 Å². The predicted octanol–water partition coefficient (Wildman–Crippen LogP) is 2.25. The van der Waals surface area contributed by atoms with Crippen molar-refractivity contribution in [3.8, 4) is 0 Å². The standard InChI is InChI=1S/C25H35N7O3/c1-5-20-24(34)30(4)21-16-27-25(29-22(21)32(20)17(2)3)28-19-8-6-18(7-9-19)23(33)26-10-11-31-12-14-35-15-13-31/h6-9,16-17,20H,5,10-15H2,1-4H3,(H,26,33)(H,27,28,29)/t20-/m1/s1. The zero-order valence-electron chi connectivity index (χ0n) is 21.0. The molecule has 1 aromatic carbocycles. The number of anilines is 4. The number of aromatic nitrogens is 2. The first kappa shape index (κ1) is 24.9. The van der Waals surface area contributed by atoms with Crippen molar-refractivity contribution >= 4 is 35.0 Å². The summed E-state index contributed by atoms with van der Waals surface area (Å²) < 4.78 is 5.35. The molecule has 0 spiro atoms. The number of carbonyl (C=O) groups is 2. The molecule has 2 aliphatic heterocycles. The van der Waals surface area contributed by atoms with E-state index in [1.54, 1.807) is 30.3 Å². The highest BCUT2D eigenvalue weighted by atomic mass is 16.5. The second-order valence-corrected chi connectivity index (χ2v) is 9.14. The normalized spacial score (nSPS) is 18.5. The number of likely N-dealkylation sites (N-methyl/N-ethyl adjacent to an activating group) is 1. The Morgan fingerprint density at radius 3 is 2.57 bits per heavy atom. The summed E-state index contributed by atoms with van der Waals surface area (Å²) in [6, 6.07) is 7.10. The number of morpholine rings is 1. The maximum atomic E-state index is 12.8. The van der Waals surface area contributed by atoms with Crippen LogP contribution in [0.1, 0.15) is 37.6 Å². The first-order valence-corrected chi connectivity index (χ1v) is 12.3. The summed E-state index contributed by atoms with van der Waals surface area (Å²) in [5.41, 5.74) is 2.07. The van der Waals surface area contributed by atoms with Gasteiger partial charge in [-0.15, -0.1) is 0 Å². The molecule has 1 aromatic heterocycles. The molecule has 0 unspecified atom stereocenters. The van der Waals surface area contributed by atoms with E-state index in [2.05, 4.69) is 39.3 Å². The molecule has 0 radical (unpaired) electrons. The first-order valence-electron chi connectivity index (χ1n) is 12.3. The lowest BCUT2D eigenvalue weighted by atomic mass is 10.1. The Labute approximate surface area is 206 Å². The fourth-order valence-corrected chi connectivity index (χ4v) is 4.53. The van der Waals surface area contributed by atoms with Crippen molar-refractivity contribution in [2.45, 2.75) is 39.3 Å². The average Bonchev–Trinajstić information content (AvgIpc) is 2.86. The first-order chi connectivity index (χ1) is 16.9. The molecule has 1 saturated heterocycles. The third-order valence-electron chi connectivity index (χ3n) is 6.47. The largest absolute Gasteiger partial charge is 0.379 e. The van der Waals surface area contributed by atoms with Crippen LogP contribution in [0.5, 0.6) is 0 Å². The molecule has 1 fully saturated rings. The number of carbonyl (C=O) groups excluding carboxylic acids is 2. The Kier molecular flexibility index (Phi) is 7.82. The summed E-state index contributed by atoms with van der Waals surface area (Å²) in [5.74, 6) is 1.13. The molecular weight excluding hydrogens is 446 g/mol. The van der Waals surface area contributed by atoms with Gasteiger partial charge in [-0.1, -0.05) is 6.92 Å². The molecular formula is C25H35N7O3. The highest BCUT2D eigenvalue weighted by Gasteiger charge is 2.38. The topological polar surface area (TPSA) is 103 Å². The number of benzene rings is 1. The Morgan fingerprint density at radius 1 is 1.20 bits per heavy atom. The van der Waals surface area contributed by atoms with Crippen LogP contribution in [0.4, 0.5) is 23.1 Å². The third kappa shape index (κ3) is 5.54. The number of rotatable bonds is 8. The lowest BCUT2D eigenvalue weighted by Gasteiger charge is -2.42. The molecule has 3 heterocycles. The van der Waals surface area contributed by atoms with Gasteiger partial charge in [-0.05, 0) is 44.5 Å². The second-order valence-electron chi connectivity index (χ2n) is 9.14. The molecule has 2 N–H and O–H groups in total. The summed E-state index contributed by atoms with van der Waals surface area (Å²) in [4.78, 5) is 40.5. The monoisotopic (exact) mass is 481 g/mol. The molecule has 0 aliphatic carbocycles. The van der Waals surface area contributed by atoms with E-state index in [9.17, 15) is 9.59 Å². The van der Waals surface area contributed by atoms with Crippen LogP contribution in [0.3, 0.4) is 0 Å². The van der Waals surface area contributed by atoms with Gasteiger partial charge in [-0.25, -0.2) is 4.98 Å². The van der Waals surface area contributed by atoms with Crippen molar-refractivity contribution in [3.05, 3.63) is 36.0 Å². The fraction of sp³-hybridized carbons (Fsp3) is 0.520. The molecule has 10 heteroatoms. The van der Waals surface area contributed by atoms with Gasteiger partial charge in [-0.3, -0.25) is 14.5 Å². The summed E-state index contributed by atoms with van der Waals surface area (Å²) in [6.07, 6.45) is 2.38. The van der Waals surface area contributed by atoms with Gasteiger partial charge in [0.15, 0.2) is 5.82 Å². The number of nitrogens with zero attached hydrogens (tertiary/aromatic N) is 5. The van der Waals surface area contributed by atoms with Gasteiger partial charge in [0.1, 0.15) is 11.7 Å². The quantitative estimate of drug-likeness (QED) is 0.592. The van der Waals surface area contributed by atoms with Crippen LogP contribution in [0.2, 0.25) is 0 Å². The lowest BCUT2D eigenvalue weighted by molar-refractivity contribution is -0.120. The summed E-state index contributed by atoms with van der Waals surface area (Å²) in [6.45, 7) is 10.9. The van der Waals surface area contributed by atoms with Crippen molar-refractivity contribution in [3.63, 3.8) is 0 Å². The van der Waals surface area contributed by atoms with Gasteiger partial charge in [0.05, 0.1) is 19.4 Å². The van der Waals surface area contributed by atoms with Crippen LogP contribution in [-0.4, -0.2) is 85.2 Å². The molecule has 1 atom stereocenters. The highest BCUT2D eigenvalue weighted by molar-refractivity contribution is 6.04. The smallest absolute Gasteiger partial charge is 0.251 e. The minimum atomic E-state index is -0.253. The van der Waals surface area contributed by atoms with Gasteiger partial charge in [0.25, 0.3) is 5.91 Å². The number of fused-ring (bicyclic) bond motifs is 1. The maximum absolute atomic E-state index is 12.8. The number of hydrogen-bond donors (Lipinski definition) is 2. The molecule has 4 rings (SSSR count). The van der Waals surface area contributed by atoms with Crippen molar-refractivity contribution < 1.29 is 14.3 Å². The van der Waals surface area contributed by atoms with Crippen molar-refractivity contribution in [1.82, 2.24) is 20.2 Å². The van der Waals surface area contributed by atoms with Gasteiger partial charge < -0.3 is 25.2 Å². The van der Waals surface area contributed by atoms with Gasteiger partial charge in [0.2, 0.25) is 11.9 Å². The Hall–Kier alpha value is -3.24. The van der Waals surface area contributed by atoms with E-state index in [-0.39, 0.29) is 23.9 Å². The lowest BCUT2D eigenvalue weighted by Crippen LogP contribution is -2.54. The van der Waals surface area contributed by atoms with Crippen molar-refractivity contribution in [2.24, 2.45) is 0 Å². The van der Waals surface area contributed by atoms with E-state index >= 15 is 0 Å². The van der Waals surface area contributed by atoms with E-state index in [1.807, 2.05) is 19.1 Å². The van der Waals surface area contributed by atoms with Crippen molar-refractivity contribution in [1.29, 1.82) is 0 Å². The van der Waals surface area contributed by atoms with Crippen LogP contribution >= 0.6 is 0 Å². The SMILES string of the molecule is CC[C@@H]1C(=O)N(C)c2cnc(Nc3ccc(C(=O)NCCN4CCOCC4)cc3)nc2N1C(C)C. The van der Waals surface area contributed by atoms with Crippen molar-refractivity contribution in [2.75, 3.05) is 61.6 Å². The average molecular weight is 482 g/mol. The predicted molar refractivity (Wildman–Crippen MR) is 136 cm³/mol. The third-order valence-corrected chi connectivity index (χ3v) is 6.47. The van der Waals surface area contributed by atoms with Gasteiger partial charge >= 0.3 is 0 Å². The van der Waals surface area contributed by atoms with E-state index in [1.165, 1.54) is 0 Å². The molecule has 0 saturated carbocycles. The number of hydrogen-bond acceptors (Lipinski definition) is 8. The molecule has 2 amide bonds. The Balaban J connectivity index is 1.41. The Bertz CT molecular complexity index is 1040. The maximum Gasteiger partial charge on any atom is 0.251 e. The zero-order chi connectivity index (χ0) is 24.9. The summed E-state index contributed by atoms with van der Waals surface area (Å²) >= 11 is 0. The van der Waals surface area contributed by atoms with Crippen LogP contribution < -0.4 is 20.4 Å². The molecule has 0 bridgehead atoms. The Morgan fingerprint density at radius 2 is 1.91 bits per heavy atom. The van der Waals surface area contributed by atoms with Gasteiger partial charge in [-0.2, -0.15) is 4.98 Å². The molecule has 188 valence electrons. The van der Waals surface area contributed by atoms with Crippen LogP contribution in [0, 0.1) is 0 Å². The summed E-state index contributed by atoms with van der Waals surface area (Å²) in [7, 11) is 1.77. The molecule has 2 aliphatic rings. The molecule has 35 heavy (non-hydrogen) atoms.